The average Bonchev–Trinajstić information content (AvgIpc) is 2.33. The van der Waals surface area contributed by atoms with Gasteiger partial charge in [-0.3, -0.25) is 4.98 Å². The van der Waals surface area contributed by atoms with E-state index < -0.39 is 0 Å². The summed E-state index contributed by atoms with van der Waals surface area (Å²) < 4.78 is 0. The fourth-order valence-corrected chi connectivity index (χ4v) is 1.45. The van der Waals surface area contributed by atoms with E-state index in [-0.39, 0.29) is 16.8 Å². The molecule has 2 aromatic rings. The van der Waals surface area contributed by atoms with Crippen molar-refractivity contribution in [2.24, 2.45) is 0 Å². The van der Waals surface area contributed by atoms with E-state index in [0.29, 0.717) is 12.4 Å². The van der Waals surface area contributed by atoms with Crippen LogP contribution in [0.5, 0.6) is 0 Å². The standard InChI is InChI=1S/C10H11ClN6/c11-8-7(12)9(17-10(13)16-8)15-5-6-3-1-2-4-14-6/h1-4H,5,12H2,(H3,13,15,16,17). The molecule has 0 unspecified atom stereocenters. The van der Waals surface area contributed by atoms with Crippen molar-refractivity contribution in [3.63, 3.8) is 0 Å². The number of hydrogen-bond acceptors (Lipinski definition) is 6. The zero-order valence-corrected chi connectivity index (χ0v) is 9.65. The minimum absolute atomic E-state index is 0.0766. The van der Waals surface area contributed by atoms with Gasteiger partial charge in [0.1, 0.15) is 5.69 Å². The van der Waals surface area contributed by atoms with Crippen molar-refractivity contribution in [2.45, 2.75) is 6.54 Å². The second-order valence-electron chi connectivity index (χ2n) is 3.31. The molecule has 0 spiro atoms. The molecule has 0 aliphatic carbocycles. The maximum absolute atomic E-state index is 5.79. The van der Waals surface area contributed by atoms with Crippen LogP contribution in [0.2, 0.25) is 5.15 Å². The number of anilines is 3. The molecule has 17 heavy (non-hydrogen) atoms. The molecular formula is C10H11ClN6. The van der Waals surface area contributed by atoms with E-state index in [2.05, 4.69) is 20.3 Å². The zero-order chi connectivity index (χ0) is 12.3. The number of nitrogen functional groups attached to an aromatic ring is 2. The predicted molar refractivity (Wildman–Crippen MR) is 67.4 cm³/mol. The molecule has 0 atom stereocenters. The molecule has 0 saturated heterocycles. The third-order valence-corrected chi connectivity index (χ3v) is 2.37. The predicted octanol–water partition coefficient (Wildman–Crippen LogP) is 1.30. The van der Waals surface area contributed by atoms with Crippen LogP contribution in [0.25, 0.3) is 0 Å². The van der Waals surface area contributed by atoms with Crippen LogP contribution in [-0.2, 0) is 6.54 Å². The van der Waals surface area contributed by atoms with Gasteiger partial charge in [-0.15, -0.1) is 0 Å². The van der Waals surface area contributed by atoms with E-state index in [9.17, 15) is 0 Å². The number of nitrogens with one attached hydrogen (secondary N) is 1. The van der Waals surface area contributed by atoms with Gasteiger partial charge < -0.3 is 16.8 Å². The Morgan fingerprint density at radius 1 is 1.24 bits per heavy atom. The summed E-state index contributed by atoms with van der Waals surface area (Å²) in [4.78, 5) is 11.9. The van der Waals surface area contributed by atoms with E-state index in [4.69, 9.17) is 23.1 Å². The van der Waals surface area contributed by atoms with Gasteiger partial charge >= 0.3 is 0 Å². The Kier molecular flexibility index (Phi) is 3.24. The Morgan fingerprint density at radius 2 is 2.06 bits per heavy atom. The van der Waals surface area contributed by atoms with Crippen molar-refractivity contribution in [1.82, 2.24) is 15.0 Å². The highest BCUT2D eigenvalue weighted by Crippen LogP contribution is 2.24. The highest BCUT2D eigenvalue weighted by Gasteiger charge is 2.08. The van der Waals surface area contributed by atoms with E-state index in [0.717, 1.165) is 5.69 Å². The molecule has 0 amide bonds. The van der Waals surface area contributed by atoms with Gasteiger partial charge in [-0.05, 0) is 12.1 Å². The molecule has 0 bridgehead atoms. The molecule has 2 rings (SSSR count). The van der Waals surface area contributed by atoms with Gasteiger partial charge in [0.25, 0.3) is 0 Å². The van der Waals surface area contributed by atoms with Crippen molar-refractivity contribution in [3.8, 4) is 0 Å². The first-order valence-corrected chi connectivity index (χ1v) is 5.27. The maximum atomic E-state index is 5.79. The van der Waals surface area contributed by atoms with Gasteiger partial charge in [0, 0.05) is 6.20 Å². The van der Waals surface area contributed by atoms with Gasteiger partial charge in [-0.1, -0.05) is 17.7 Å². The molecule has 2 aromatic heterocycles. The lowest BCUT2D eigenvalue weighted by Gasteiger charge is -2.09. The smallest absolute Gasteiger partial charge is 0.223 e. The van der Waals surface area contributed by atoms with Crippen molar-refractivity contribution in [2.75, 3.05) is 16.8 Å². The summed E-state index contributed by atoms with van der Waals surface area (Å²) in [7, 11) is 0. The topological polar surface area (TPSA) is 103 Å². The lowest BCUT2D eigenvalue weighted by molar-refractivity contribution is 1.02. The normalized spacial score (nSPS) is 10.2. The summed E-state index contributed by atoms with van der Waals surface area (Å²) in [5, 5.41) is 3.15. The van der Waals surface area contributed by atoms with Gasteiger partial charge in [-0.2, -0.15) is 9.97 Å². The average molecular weight is 251 g/mol. The monoisotopic (exact) mass is 250 g/mol. The second-order valence-corrected chi connectivity index (χ2v) is 3.67. The lowest BCUT2D eigenvalue weighted by atomic mass is 10.3. The Labute approximate surface area is 103 Å². The first kappa shape index (κ1) is 11.4. The van der Waals surface area contributed by atoms with Gasteiger partial charge in [0.05, 0.1) is 12.2 Å². The van der Waals surface area contributed by atoms with Crippen LogP contribution in [0.1, 0.15) is 5.69 Å². The fourth-order valence-electron chi connectivity index (χ4n) is 1.27. The second kappa shape index (κ2) is 4.84. The first-order valence-electron chi connectivity index (χ1n) is 4.89. The quantitative estimate of drug-likeness (QED) is 0.710. The molecular weight excluding hydrogens is 240 g/mol. The first-order chi connectivity index (χ1) is 8.16. The summed E-state index contributed by atoms with van der Waals surface area (Å²) >= 11 is 5.79. The van der Waals surface area contributed by atoms with Crippen molar-refractivity contribution in [1.29, 1.82) is 0 Å². The number of nitrogens with zero attached hydrogens (tertiary/aromatic N) is 3. The van der Waals surface area contributed by atoms with E-state index in [1.165, 1.54) is 0 Å². The Hall–Kier alpha value is -2.08. The largest absolute Gasteiger partial charge is 0.393 e. The van der Waals surface area contributed by atoms with E-state index >= 15 is 0 Å². The van der Waals surface area contributed by atoms with E-state index in [1.54, 1.807) is 6.20 Å². The van der Waals surface area contributed by atoms with Crippen LogP contribution < -0.4 is 16.8 Å². The number of hydrogen-bond donors (Lipinski definition) is 3. The summed E-state index contributed by atoms with van der Waals surface area (Å²) in [5.74, 6) is 0.487. The van der Waals surface area contributed by atoms with Crippen molar-refractivity contribution < 1.29 is 0 Å². The van der Waals surface area contributed by atoms with Gasteiger partial charge in [0.15, 0.2) is 11.0 Å². The van der Waals surface area contributed by atoms with Crippen LogP contribution in [0.3, 0.4) is 0 Å². The van der Waals surface area contributed by atoms with Gasteiger partial charge in [-0.25, -0.2) is 0 Å². The Morgan fingerprint density at radius 3 is 2.76 bits per heavy atom. The Balaban J connectivity index is 2.14. The summed E-state index contributed by atoms with van der Waals surface area (Å²) in [6.45, 7) is 0.484. The zero-order valence-electron chi connectivity index (χ0n) is 8.89. The molecule has 2 heterocycles. The highest BCUT2D eigenvalue weighted by atomic mass is 35.5. The molecule has 5 N–H and O–H groups in total. The molecule has 0 radical (unpaired) electrons. The Bertz CT molecular complexity index is 516. The van der Waals surface area contributed by atoms with Crippen LogP contribution in [0, 0.1) is 0 Å². The van der Waals surface area contributed by atoms with Crippen molar-refractivity contribution in [3.05, 3.63) is 35.2 Å². The third kappa shape index (κ3) is 2.73. The van der Waals surface area contributed by atoms with Crippen molar-refractivity contribution >= 4 is 29.1 Å². The molecule has 0 saturated carbocycles. The molecule has 0 fully saturated rings. The molecule has 0 aliphatic rings. The number of pyridine rings is 1. The summed E-state index contributed by atoms with van der Waals surface area (Å²) in [5.41, 5.74) is 12.3. The number of rotatable bonds is 3. The van der Waals surface area contributed by atoms with E-state index in [1.807, 2.05) is 18.2 Å². The molecule has 0 aromatic carbocycles. The summed E-state index contributed by atoms with van der Waals surface area (Å²) in [6, 6.07) is 5.63. The van der Waals surface area contributed by atoms with Gasteiger partial charge in [0.2, 0.25) is 5.95 Å². The lowest BCUT2D eigenvalue weighted by Crippen LogP contribution is -2.09. The van der Waals surface area contributed by atoms with Crippen LogP contribution in [0.15, 0.2) is 24.4 Å². The molecule has 88 valence electrons. The minimum Gasteiger partial charge on any atom is -0.393 e. The van der Waals surface area contributed by atoms with Crippen LogP contribution >= 0.6 is 11.6 Å². The highest BCUT2D eigenvalue weighted by molar-refractivity contribution is 6.32. The fraction of sp³-hybridized carbons (Fsp3) is 0.100. The summed E-state index contributed by atoms with van der Waals surface area (Å²) in [6.07, 6.45) is 1.71. The molecule has 0 aliphatic heterocycles. The number of aromatic nitrogens is 3. The molecule has 7 heteroatoms. The van der Waals surface area contributed by atoms with Crippen LogP contribution in [-0.4, -0.2) is 15.0 Å². The third-order valence-electron chi connectivity index (χ3n) is 2.08. The number of nitrogens with two attached hydrogens (primary N) is 2. The molecule has 6 nitrogen and oxygen atoms in total. The van der Waals surface area contributed by atoms with Crippen LogP contribution in [0.4, 0.5) is 17.5 Å². The SMILES string of the molecule is Nc1nc(Cl)c(N)c(NCc2ccccn2)n1. The maximum Gasteiger partial charge on any atom is 0.223 e. The number of halogens is 1. The minimum atomic E-state index is 0.0766.